The summed E-state index contributed by atoms with van der Waals surface area (Å²) in [7, 11) is -0.580. The Hall–Kier alpha value is -1.11. The molecule has 0 saturated heterocycles. The Labute approximate surface area is 108 Å². The number of hydrogen-bond donors (Lipinski definition) is 1. The summed E-state index contributed by atoms with van der Waals surface area (Å²) in [5.41, 5.74) is 0.754. The van der Waals surface area contributed by atoms with Crippen molar-refractivity contribution in [2.75, 3.05) is 20.7 Å². The van der Waals surface area contributed by atoms with Crippen LogP contribution in [-0.2, 0) is 10.0 Å². The van der Waals surface area contributed by atoms with Gasteiger partial charge in [-0.3, -0.25) is 0 Å². The molecule has 1 aromatic carbocycles. The smallest absolute Gasteiger partial charge is 0.242 e. The van der Waals surface area contributed by atoms with Gasteiger partial charge in [0, 0.05) is 13.6 Å². The Morgan fingerprint density at radius 1 is 1.44 bits per heavy atom. The number of benzene rings is 1. The minimum atomic E-state index is -3.56. The number of aryl methyl sites for hydroxylation is 1. The molecule has 0 fully saturated rings. The van der Waals surface area contributed by atoms with Gasteiger partial charge in [0.1, 0.15) is 5.75 Å². The lowest BCUT2D eigenvalue weighted by molar-refractivity contribution is 0.171. The van der Waals surface area contributed by atoms with Gasteiger partial charge in [0.05, 0.1) is 18.1 Å². The maximum absolute atomic E-state index is 12.2. The summed E-state index contributed by atoms with van der Waals surface area (Å²) >= 11 is 0. The van der Waals surface area contributed by atoms with Crippen molar-refractivity contribution < 1.29 is 18.3 Å². The van der Waals surface area contributed by atoms with E-state index >= 15 is 0 Å². The second-order valence-electron chi connectivity index (χ2n) is 4.27. The summed E-state index contributed by atoms with van der Waals surface area (Å²) in [5.74, 6) is 0.645. The van der Waals surface area contributed by atoms with Gasteiger partial charge in [0.15, 0.2) is 0 Å². The van der Waals surface area contributed by atoms with E-state index in [1.54, 1.807) is 26.0 Å². The first-order chi connectivity index (χ1) is 8.28. The molecule has 0 amide bonds. The van der Waals surface area contributed by atoms with Crippen LogP contribution in [0.25, 0.3) is 0 Å². The molecule has 0 spiro atoms. The van der Waals surface area contributed by atoms with Gasteiger partial charge in [0.25, 0.3) is 0 Å². The first-order valence-corrected chi connectivity index (χ1v) is 7.02. The molecular formula is C12H19NO4S. The second kappa shape index (κ2) is 5.69. The predicted octanol–water partition coefficient (Wildman–Crippen LogP) is 1.00. The van der Waals surface area contributed by atoms with Gasteiger partial charge in [0.2, 0.25) is 10.0 Å². The summed E-state index contributed by atoms with van der Waals surface area (Å²) < 4.78 is 30.6. The zero-order valence-electron chi connectivity index (χ0n) is 11.0. The van der Waals surface area contributed by atoms with E-state index in [2.05, 4.69) is 0 Å². The molecule has 102 valence electrons. The predicted molar refractivity (Wildman–Crippen MR) is 69.2 cm³/mol. The molecule has 0 heterocycles. The van der Waals surface area contributed by atoms with Crippen molar-refractivity contribution in [3.05, 3.63) is 23.8 Å². The van der Waals surface area contributed by atoms with Crippen molar-refractivity contribution in [3.63, 3.8) is 0 Å². The van der Waals surface area contributed by atoms with Gasteiger partial charge < -0.3 is 9.84 Å². The lowest BCUT2D eigenvalue weighted by Gasteiger charge is -2.19. The Bertz CT molecular complexity index is 511. The van der Waals surface area contributed by atoms with Crippen LogP contribution in [0, 0.1) is 6.92 Å². The summed E-state index contributed by atoms with van der Waals surface area (Å²) in [4.78, 5) is 0.198. The highest BCUT2D eigenvalue weighted by molar-refractivity contribution is 7.89. The second-order valence-corrected chi connectivity index (χ2v) is 6.31. The van der Waals surface area contributed by atoms with Crippen molar-refractivity contribution in [1.29, 1.82) is 0 Å². The van der Waals surface area contributed by atoms with Crippen molar-refractivity contribution in [3.8, 4) is 5.75 Å². The standard InChI is InChI=1S/C12H19NO4S/c1-9-7-11(5-6-12(9)17-4)18(15,16)13(3)8-10(2)14/h5-7,10,14H,8H2,1-4H3. The third-order valence-corrected chi connectivity index (χ3v) is 4.42. The van der Waals surface area contributed by atoms with Crippen LogP contribution >= 0.6 is 0 Å². The lowest BCUT2D eigenvalue weighted by atomic mass is 10.2. The van der Waals surface area contributed by atoms with E-state index in [4.69, 9.17) is 4.74 Å². The monoisotopic (exact) mass is 273 g/mol. The Morgan fingerprint density at radius 3 is 2.50 bits per heavy atom. The summed E-state index contributed by atoms with van der Waals surface area (Å²) in [6.07, 6.45) is -0.705. The van der Waals surface area contributed by atoms with Crippen molar-refractivity contribution in [2.45, 2.75) is 24.8 Å². The highest BCUT2D eigenvalue weighted by Crippen LogP contribution is 2.23. The van der Waals surface area contributed by atoms with Gasteiger partial charge in [-0.2, -0.15) is 4.31 Å². The van der Waals surface area contributed by atoms with E-state index in [0.717, 1.165) is 9.87 Å². The van der Waals surface area contributed by atoms with Gasteiger partial charge >= 0.3 is 0 Å². The molecular weight excluding hydrogens is 254 g/mol. The fourth-order valence-electron chi connectivity index (χ4n) is 1.66. The molecule has 1 N–H and O–H groups in total. The van der Waals surface area contributed by atoms with E-state index in [1.807, 2.05) is 0 Å². The number of methoxy groups -OCH3 is 1. The number of rotatable bonds is 5. The van der Waals surface area contributed by atoms with Crippen LogP contribution in [0.3, 0.4) is 0 Å². The minimum absolute atomic E-state index is 0.0629. The zero-order valence-corrected chi connectivity index (χ0v) is 11.9. The Balaban J connectivity index is 3.09. The van der Waals surface area contributed by atoms with Gasteiger partial charge in [-0.25, -0.2) is 8.42 Å². The highest BCUT2D eigenvalue weighted by atomic mass is 32.2. The summed E-state index contributed by atoms with van der Waals surface area (Å²) in [6, 6.07) is 4.69. The van der Waals surface area contributed by atoms with E-state index < -0.39 is 16.1 Å². The van der Waals surface area contributed by atoms with Crippen molar-refractivity contribution in [2.24, 2.45) is 0 Å². The molecule has 0 saturated carbocycles. The molecule has 1 unspecified atom stereocenters. The van der Waals surface area contributed by atoms with Crippen LogP contribution in [0.1, 0.15) is 12.5 Å². The van der Waals surface area contributed by atoms with Gasteiger partial charge in [-0.05, 0) is 37.6 Å². The van der Waals surface area contributed by atoms with Crippen LogP contribution in [0.4, 0.5) is 0 Å². The first kappa shape index (κ1) is 14.9. The largest absolute Gasteiger partial charge is 0.496 e. The average Bonchev–Trinajstić information content (AvgIpc) is 2.27. The fraction of sp³-hybridized carbons (Fsp3) is 0.500. The SMILES string of the molecule is COc1ccc(S(=O)(=O)N(C)CC(C)O)cc1C. The van der Waals surface area contributed by atoms with Crippen LogP contribution in [-0.4, -0.2) is 44.6 Å². The topological polar surface area (TPSA) is 66.8 Å². The molecule has 18 heavy (non-hydrogen) atoms. The third-order valence-electron chi connectivity index (χ3n) is 2.60. The molecule has 0 aliphatic rings. The number of nitrogens with zero attached hydrogens (tertiary/aromatic N) is 1. The van der Waals surface area contributed by atoms with Gasteiger partial charge in [-0.15, -0.1) is 0 Å². The van der Waals surface area contributed by atoms with E-state index in [-0.39, 0.29) is 11.4 Å². The maximum Gasteiger partial charge on any atom is 0.242 e. The Morgan fingerprint density at radius 2 is 2.06 bits per heavy atom. The molecule has 1 rings (SSSR count). The molecule has 0 aromatic heterocycles. The van der Waals surface area contributed by atoms with Gasteiger partial charge in [-0.1, -0.05) is 0 Å². The first-order valence-electron chi connectivity index (χ1n) is 5.58. The van der Waals surface area contributed by atoms with Crippen LogP contribution < -0.4 is 4.74 Å². The van der Waals surface area contributed by atoms with E-state index in [9.17, 15) is 13.5 Å². The summed E-state index contributed by atoms with van der Waals surface area (Å²) in [6.45, 7) is 3.39. The molecule has 1 atom stereocenters. The number of aliphatic hydroxyl groups excluding tert-OH is 1. The van der Waals surface area contributed by atoms with Crippen LogP contribution in [0.15, 0.2) is 23.1 Å². The molecule has 0 radical (unpaired) electrons. The maximum atomic E-state index is 12.2. The quantitative estimate of drug-likeness (QED) is 0.869. The van der Waals surface area contributed by atoms with Crippen LogP contribution in [0.2, 0.25) is 0 Å². The molecule has 1 aromatic rings. The Kier molecular flexibility index (Phi) is 4.72. The van der Waals surface area contributed by atoms with Crippen molar-refractivity contribution >= 4 is 10.0 Å². The lowest BCUT2D eigenvalue weighted by Crippen LogP contribution is -2.33. The average molecular weight is 273 g/mol. The molecule has 5 nitrogen and oxygen atoms in total. The number of ether oxygens (including phenoxy) is 1. The fourth-order valence-corrected chi connectivity index (χ4v) is 3.00. The number of aliphatic hydroxyl groups is 1. The van der Waals surface area contributed by atoms with Crippen molar-refractivity contribution in [1.82, 2.24) is 4.31 Å². The molecule has 6 heteroatoms. The molecule has 0 aliphatic carbocycles. The number of sulfonamides is 1. The zero-order chi connectivity index (χ0) is 13.9. The number of likely N-dealkylation sites (N-methyl/N-ethyl adjacent to an activating group) is 1. The van der Waals surface area contributed by atoms with E-state index in [0.29, 0.717) is 5.75 Å². The minimum Gasteiger partial charge on any atom is -0.496 e. The van der Waals surface area contributed by atoms with Crippen LogP contribution in [0.5, 0.6) is 5.75 Å². The van der Waals surface area contributed by atoms with E-state index in [1.165, 1.54) is 20.2 Å². The normalized spacial score (nSPS) is 13.7. The number of hydrogen-bond acceptors (Lipinski definition) is 4. The highest BCUT2D eigenvalue weighted by Gasteiger charge is 2.22. The molecule has 0 aliphatic heterocycles. The summed E-state index contributed by atoms with van der Waals surface area (Å²) in [5, 5.41) is 9.24. The molecule has 0 bridgehead atoms. The third kappa shape index (κ3) is 3.22.